The van der Waals surface area contributed by atoms with Gasteiger partial charge in [0.15, 0.2) is 0 Å². The van der Waals surface area contributed by atoms with Gasteiger partial charge in [-0.25, -0.2) is 13.8 Å². The van der Waals surface area contributed by atoms with Crippen LogP contribution in [0.25, 0.3) is 43.9 Å². The van der Waals surface area contributed by atoms with Crippen molar-refractivity contribution in [3.63, 3.8) is 0 Å². The number of piperazine rings is 1. The van der Waals surface area contributed by atoms with Crippen molar-refractivity contribution in [2.24, 2.45) is 0 Å². The molecule has 50 heavy (non-hydrogen) atoms. The van der Waals surface area contributed by atoms with Crippen LogP contribution in [0.15, 0.2) is 60.8 Å². The molecule has 2 aliphatic heterocycles. The second-order valence-corrected chi connectivity index (χ2v) is 13.2. The molecule has 14 heteroatoms. The number of amides is 1. The van der Waals surface area contributed by atoms with E-state index in [1.165, 1.54) is 30.6 Å². The van der Waals surface area contributed by atoms with Gasteiger partial charge in [0.05, 0.1) is 36.1 Å². The van der Waals surface area contributed by atoms with Crippen molar-refractivity contribution in [2.45, 2.75) is 32.3 Å². The van der Waals surface area contributed by atoms with Crippen LogP contribution in [0.5, 0.6) is 5.75 Å². The molecule has 0 saturated carbocycles. The number of β-amino-alcohol motifs (C(OH)–C–C–N with tert-alkyl or cyclic N) is 1. The molecule has 0 radical (unpaired) electrons. The predicted molar refractivity (Wildman–Crippen MR) is 186 cm³/mol. The highest BCUT2D eigenvalue weighted by Crippen LogP contribution is 2.47. The van der Waals surface area contributed by atoms with E-state index in [9.17, 15) is 14.3 Å². The molecule has 2 atom stereocenters. The second kappa shape index (κ2) is 14.3. The number of carbonyl (C=O) groups excluding carboxylic acids is 1. The zero-order valence-corrected chi connectivity index (χ0v) is 28.6. The first kappa shape index (κ1) is 33.9. The van der Waals surface area contributed by atoms with Crippen molar-refractivity contribution < 1.29 is 28.2 Å². The number of carbonyl (C=O) groups is 1. The standard InChI is InChI=1S/C36H37F2N7O4S/c1-4-31(47)44-8-9-45-28(21(44)2)16-27(42-45)35-33(32-26(38)14-24(37)15-29(32)49-11-10-48-3)36-25(5-12-50-36)34(41-35)23-13-22(17-39-18-23)19-43-7-6-40-30(46)20-43/h4-5,12-18,21,30,40,46H,1,6-11,19-20H2,2-3H3. The molecule has 1 fully saturated rings. The van der Waals surface area contributed by atoms with E-state index in [-0.39, 0.29) is 36.5 Å². The van der Waals surface area contributed by atoms with Crippen LogP contribution in [-0.2, 0) is 22.6 Å². The normalized spacial score (nSPS) is 18.0. The van der Waals surface area contributed by atoms with Gasteiger partial charge in [-0.15, -0.1) is 11.3 Å². The predicted octanol–water partition coefficient (Wildman–Crippen LogP) is 5.01. The van der Waals surface area contributed by atoms with Crippen LogP contribution in [0.3, 0.4) is 0 Å². The van der Waals surface area contributed by atoms with Crippen LogP contribution in [0.2, 0.25) is 0 Å². The van der Waals surface area contributed by atoms with Crippen molar-refractivity contribution in [2.75, 3.05) is 46.5 Å². The van der Waals surface area contributed by atoms with Gasteiger partial charge in [-0.1, -0.05) is 6.58 Å². The topological polar surface area (TPSA) is 118 Å². The fraction of sp³-hybridized carbons (Fsp3) is 0.333. The number of pyridine rings is 2. The molecule has 4 aromatic heterocycles. The summed E-state index contributed by atoms with van der Waals surface area (Å²) >= 11 is 1.41. The molecular weight excluding hydrogens is 665 g/mol. The summed E-state index contributed by atoms with van der Waals surface area (Å²) in [6.07, 6.45) is 4.25. The molecule has 2 N–H and O–H groups in total. The number of thiophene rings is 1. The molecule has 7 rings (SSSR count). The molecule has 0 bridgehead atoms. The lowest BCUT2D eigenvalue weighted by atomic mass is 9.96. The van der Waals surface area contributed by atoms with E-state index < -0.39 is 17.9 Å². The molecule has 0 spiro atoms. The molecule has 6 heterocycles. The third kappa shape index (κ3) is 6.52. The Morgan fingerprint density at radius 1 is 1.14 bits per heavy atom. The number of hydrogen-bond donors (Lipinski definition) is 2. The van der Waals surface area contributed by atoms with Crippen molar-refractivity contribution in [3.8, 4) is 39.5 Å². The van der Waals surface area contributed by atoms with Crippen LogP contribution in [0.1, 0.15) is 24.2 Å². The van der Waals surface area contributed by atoms with Gasteiger partial charge in [-0.2, -0.15) is 5.10 Å². The smallest absolute Gasteiger partial charge is 0.246 e. The molecular formula is C36H37F2N7O4S. The number of nitrogens with one attached hydrogen (secondary N) is 1. The molecule has 2 aliphatic rings. The lowest BCUT2D eigenvalue weighted by molar-refractivity contribution is -0.129. The number of aromatic nitrogens is 4. The summed E-state index contributed by atoms with van der Waals surface area (Å²) in [6, 6.07) is 7.55. The van der Waals surface area contributed by atoms with Crippen molar-refractivity contribution in [1.29, 1.82) is 0 Å². The monoisotopic (exact) mass is 701 g/mol. The molecule has 1 saturated heterocycles. The van der Waals surface area contributed by atoms with Gasteiger partial charge < -0.3 is 19.5 Å². The zero-order chi connectivity index (χ0) is 34.9. The fourth-order valence-corrected chi connectivity index (χ4v) is 7.68. The van der Waals surface area contributed by atoms with Gasteiger partial charge >= 0.3 is 0 Å². The largest absolute Gasteiger partial charge is 0.490 e. The number of aliphatic hydroxyl groups is 1. The summed E-state index contributed by atoms with van der Waals surface area (Å²) in [5.41, 5.74) is 4.46. The molecule has 5 aromatic rings. The summed E-state index contributed by atoms with van der Waals surface area (Å²) in [5.74, 6) is -1.73. The lowest BCUT2D eigenvalue weighted by Crippen LogP contribution is -2.50. The highest BCUT2D eigenvalue weighted by molar-refractivity contribution is 7.18. The SMILES string of the molecule is C=CC(=O)N1CCn2nc(-c3nc(-c4cncc(CN5CCNC(O)C5)c4)c4ccsc4c3-c3c(F)cc(F)cc3OCCOC)cc2C1C. The number of aliphatic hydroxyl groups excluding tert-OH is 1. The minimum atomic E-state index is -0.801. The number of nitrogens with zero attached hydrogens (tertiary/aromatic N) is 6. The van der Waals surface area contributed by atoms with Crippen molar-refractivity contribution in [1.82, 2.24) is 34.9 Å². The van der Waals surface area contributed by atoms with Crippen LogP contribution in [0.4, 0.5) is 8.78 Å². The van der Waals surface area contributed by atoms with E-state index in [2.05, 4.69) is 21.8 Å². The fourth-order valence-electron chi connectivity index (χ4n) is 6.73. The van der Waals surface area contributed by atoms with Crippen LogP contribution >= 0.6 is 11.3 Å². The number of hydrogen-bond acceptors (Lipinski definition) is 10. The summed E-state index contributed by atoms with van der Waals surface area (Å²) in [6.45, 7) is 9.32. The Kier molecular flexibility index (Phi) is 9.71. The summed E-state index contributed by atoms with van der Waals surface area (Å²) in [4.78, 5) is 26.3. The van der Waals surface area contributed by atoms with Crippen LogP contribution < -0.4 is 10.1 Å². The maximum absolute atomic E-state index is 16.1. The van der Waals surface area contributed by atoms with Gasteiger partial charge in [0.1, 0.15) is 41.6 Å². The first-order valence-corrected chi connectivity index (χ1v) is 17.2. The van der Waals surface area contributed by atoms with E-state index in [0.29, 0.717) is 60.1 Å². The number of ether oxygens (including phenoxy) is 2. The van der Waals surface area contributed by atoms with Gasteiger partial charge in [0.2, 0.25) is 5.91 Å². The maximum atomic E-state index is 16.1. The van der Waals surface area contributed by atoms with E-state index in [0.717, 1.165) is 34.8 Å². The third-order valence-corrected chi connectivity index (χ3v) is 10.0. The molecule has 1 amide bonds. The first-order chi connectivity index (χ1) is 24.2. The summed E-state index contributed by atoms with van der Waals surface area (Å²) < 4.78 is 44.5. The highest BCUT2D eigenvalue weighted by Gasteiger charge is 2.31. The number of methoxy groups -OCH3 is 1. The Labute approximate surface area is 291 Å². The minimum Gasteiger partial charge on any atom is -0.490 e. The Bertz CT molecular complexity index is 2070. The maximum Gasteiger partial charge on any atom is 0.246 e. The highest BCUT2D eigenvalue weighted by atomic mass is 32.1. The van der Waals surface area contributed by atoms with E-state index in [1.807, 2.05) is 35.2 Å². The number of halogens is 2. The molecule has 2 unspecified atom stereocenters. The van der Waals surface area contributed by atoms with Gasteiger partial charge in [0, 0.05) is 85.6 Å². The van der Waals surface area contributed by atoms with Gasteiger partial charge in [0.25, 0.3) is 0 Å². The summed E-state index contributed by atoms with van der Waals surface area (Å²) in [7, 11) is 1.52. The van der Waals surface area contributed by atoms with E-state index >= 15 is 4.39 Å². The van der Waals surface area contributed by atoms with Crippen molar-refractivity contribution >= 4 is 27.3 Å². The van der Waals surface area contributed by atoms with Crippen LogP contribution in [0, 0.1) is 11.6 Å². The summed E-state index contributed by atoms with van der Waals surface area (Å²) in [5, 5.41) is 20.8. The minimum absolute atomic E-state index is 0.0204. The van der Waals surface area contributed by atoms with Crippen LogP contribution in [-0.4, -0.2) is 93.3 Å². The first-order valence-electron chi connectivity index (χ1n) is 16.4. The average Bonchev–Trinajstić information content (AvgIpc) is 3.77. The molecule has 11 nitrogen and oxygen atoms in total. The average molecular weight is 702 g/mol. The lowest BCUT2D eigenvalue weighted by Gasteiger charge is -2.33. The number of fused-ring (bicyclic) bond motifs is 2. The second-order valence-electron chi connectivity index (χ2n) is 12.3. The van der Waals surface area contributed by atoms with Crippen molar-refractivity contribution in [3.05, 3.63) is 83.7 Å². The number of rotatable bonds is 10. The number of benzene rings is 1. The van der Waals surface area contributed by atoms with Gasteiger partial charge in [-0.05, 0) is 42.1 Å². The zero-order valence-electron chi connectivity index (χ0n) is 27.7. The van der Waals surface area contributed by atoms with Gasteiger partial charge in [-0.3, -0.25) is 24.7 Å². The Hall–Kier alpha value is -4.60. The Morgan fingerprint density at radius 3 is 2.80 bits per heavy atom. The van der Waals surface area contributed by atoms with E-state index in [1.54, 1.807) is 17.3 Å². The third-order valence-electron chi connectivity index (χ3n) is 9.09. The Morgan fingerprint density at radius 2 is 2.00 bits per heavy atom. The molecule has 260 valence electrons. The molecule has 1 aromatic carbocycles. The quantitative estimate of drug-likeness (QED) is 0.153. The molecule has 0 aliphatic carbocycles. The van der Waals surface area contributed by atoms with E-state index in [4.69, 9.17) is 19.6 Å². The Balaban J connectivity index is 1.42.